The fourth-order valence-electron chi connectivity index (χ4n) is 8.03. The monoisotopic (exact) mass is 1150 g/mol. The van der Waals surface area contributed by atoms with Gasteiger partial charge in [0, 0.05) is 31.3 Å². The van der Waals surface area contributed by atoms with Crippen LogP contribution in [0.4, 0.5) is 0 Å². The number of aliphatic carboxylic acids is 2. The number of carboxylic acid groups (broad SMARTS) is 2. The summed E-state index contributed by atoms with van der Waals surface area (Å²) < 4.78 is 10.7. The third-order valence-corrected chi connectivity index (χ3v) is 13.9. The fraction of sp³-hybridized carbons (Fsp3) is 0.702. The van der Waals surface area contributed by atoms with E-state index in [1.165, 1.54) is 6.92 Å². The van der Waals surface area contributed by atoms with Gasteiger partial charge in [0.2, 0.25) is 47.3 Å². The van der Waals surface area contributed by atoms with Crippen LogP contribution < -0.4 is 65.9 Å². The largest absolute Gasteiger partial charge is 0.480 e. The first-order valence-corrected chi connectivity index (χ1v) is 26.5. The van der Waals surface area contributed by atoms with E-state index >= 15 is 0 Å². The number of hydrogen-bond donors (Lipinski definition) is 16. The Kier molecular flexibility index (Phi) is 28.2. The first-order valence-electron chi connectivity index (χ1n) is 25.5. The van der Waals surface area contributed by atoms with E-state index in [2.05, 4.69) is 37.2 Å². The van der Waals surface area contributed by atoms with Gasteiger partial charge in [-0.15, -0.1) is 11.8 Å². The third-order valence-electron chi connectivity index (χ3n) is 12.6. The smallest absolute Gasteiger partial charge is 0.352 e. The van der Waals surface area contributed by atoms with Gasteiger partial charge in [0.25, 0.3) is 11.6 Å². The van der Waals surface area contributed by atoms with Crippen molar-refractivity contribution in [2.75, 3.05) is 39.2 Å². The summed E-state index contributed by atoms with van der Waals surface area (Å²) in [6, 6.07) is -10.7. The molecule has 1 saturated heterocycles. The number of amides is 9. The molecular formula is C47H79N13O18S. The topological polar surface area (TPSA) is 522 Å². The fourth-order valence-corrected chi connectivity index (χ4v) is 9.45. The average Bonchev–Trinajstić information content (AvgIpc) is 3.38. The van der Waals surface area contributed by atoms with Crippen molar-refractivity contribution in [3.63, 3.8) is 0 Å². The number of nitrogens with zero attached hydrogens (tertiary/aromatic N) is 1. The van der Waals surface area contributed by atoms with E-state index in [0.29, 0.717) is 0 Å². The molecule has 21 N–H and O–H groups in total. The van der Waals surface area contributed by atoms with Crippen molar-refractivity contribution >= 4 is 82.8 Å². The number of esters is 1. The molecule has 2 aliphatic heterocycles. The van der Waals surface area contributed by atoms with Gasteiger partial charge < -0.3 is 95.8 Å². The number of aliphatic hydroxyl groups is 2. The van der Waals surface area contributed by atoms with Crippen LogP contribution in [-0.2, 0) is 67.0 Å². The lowest BCUT2D eigenvalue weighted by atomic mass is 9.97. The summed E-state index contributed by atoms with van der Waals surface area (Å²) in [4.78, 5) is 157. The van der Waals surface area contributed by atoms with Crippen LogP contribution in [0.2, 0.25) is 0 Å². The third kappa shape index (κ3) is 19.9. The molecule has 32 heteroatoms. The number of rotatable bonds is 36. The van der Waals surface area contributed by atoms with Gasteiger partial charge >= 0.3 is 17.9 Å². The lowest BCUT2D eigenvalue weighted by molar-refractivity contribution is -0.192. The molecule has 79 heavy (non-hydrogen) atoms. The average molecular weight is 1150 g/mol. The minimum absolute atomic E-state index is 0.0134. The number of carbonyl (C=O) groups is 12. The Bertz CT molecular complexity index is 2260. The van der Waals surface area contributed by atoms with Crippen molar-refractivity contribution in [1.82, 2.24) is 42.1 Å². The summed E-state index contributed by atoms with van der Waals surface area (Å²) in [7, 11) is 1.12. The zero-order valence-corrected chi connectivity index (χ0v) is 45.9. The molecule has 9 unspecified atom stereocenters. The van der Waals surface area contributed by atoms with Crippen molar-refractivity contribution in [2.24, 2.45) is 40.5 Å². The molecule has 446 valence electrons. The van der Waals surface area contributed by atoms with E-state index in [0.717, 1.165) is 23.8 Å². The van der Waals surface area contributed by atoms with Crippen molar-refractivity contribution in [1.29, 1.82) is 0 Å². The molecule has 2 heterocycles. The number of aliphatic hydroxyl groups excluding tert-OH is 2. The molecule has 0 aromatic carbocycles. The molecular weight excluding hydrogens is 1070 g/mol. The van der Waals surface area contributed by atoms with Crippen LogP contribution in [0.1, 0.15) is 92.4 Å². The van der Waals surface area contributed by atoms with Crippen LogP contribution in [0.5, 0.6) is 0 Å². The molecule has 0 aromatic rings. The van der Waals surface area contributed by atoms with Gasteiger partial charge in [0.05, 0.1) is 31.2 Å². The number of carbonyl (C=O) groups excluding carboxylic acids is 10. The number of nitrogens with one attached hydrogen (secondary N) is 7. The molecule has 0 aromatic heterocycles. The molecule has 1 fully saturated rings. The summed E-state index contributed by atoms with van der Waals surface area (Å²) in [5, 5.41) is 56.4. The Morgan fingerprint density at radius 1 is 0.722 bits per heavy atom. The van der Waals surface area contributed by atoms with Crippen LogP contribution in [0.15, 0.2) is 11.3 Å². The van der Waals surface area contributed by atoms with E-state index in [4.69, 9.17) is 43.2 Å². The zero-order chi connectivity index (χ0) is 60.1. The van der Waals surface area contributed by atoms with Crippen molar-refractivity contribution in [2.45, 2.75) is 158 Å². The molecule has 0 aliphatic carbocycles. The molecule has 31 nitrogen and oxygen atoms in total. The summed E-state index contributed by atoms with van der Waals surface area (Å²) in [6.45, 7) is 6.28. The minimum atomic E-state index is -1.98. The first-order chi connectivity index (χ1) is 37.0. The zero-order valence-electron chi connectivity index (χ0n) is 45.1. The van der Waals surface area contributed by atoms with Gasteiger partial charge in [0.1, 0.15) is 53.9 Å². The Hall–Kier alpha value is -6.55. The highest BCUT2D eigenvalue weighted by atomic mass is 32.2. The molecule has 2 aliphatic rings. The molecule has 0 radical (unpaired) electrons. The van der Waals surface area contributed by atoms with Crippen molar-refractivity contribution < 1.29 is 87.4 Å². The maximum atomic E-state index is 14.0. The number of β-lactam (4-membered cyclic amide) rings is 1. The summed E-state index contributed by atoms with van der Waals surface area (Å²) >= 11 is 0.968. The van der Waals surface area contributed by atoms with Crippen LogP contribution >= 0.6 is 11.8 Å². The van der Waals surface area contributed by atoms with Crippen LogP contribution in [0.25, 0.3) is 0 Å². The van der Waals surface area contributed by atoms with Gasteiger partial charge in [-0.3, -0.25) is 57.6 Å². The summed E-state index contributed by atoms with van der Waals surface area (Å²) in [5.41, 5.74) is 25.3. The first kappa shape index (κ1) is 68.6. The Balaban J connectivity index is 2.22. The second-order valence-electron chi connectivity index (χ2n) is 19.6. The van der Waals surface area contributed by atoms with Crippen LogP contribution in [0.3, 0.4) is 0 Å². The van der Waals surface area contributed by atoms with E-state index in [1.54, 1.807) is 27.7 Å². The van der Waals surface area contributed by atoms with Gasteiger partial charge in [-0.1, -0.05) is 27.7 Å². The Morgan fingerprint density at radius 3 is 1.68 bits per heavy atom. The highest BCUT2D eigenvalue weighted by Crippen LogP contribution is 2.46. The SMILES string of the molecule is CO[C@@]1(NC(=O)CCC[C@H](N)C(=O)O)C(=O)N2C(C(=O)O)=C(COC(=O)CC(O)C(CC(N)=O)NC(=O)C(NC(=O)C(CCCN)NC(=O)C(NC(=O)C(CCCN)NC(=O)C(CO)NC(=O)C(C)N)C(C)C)C(C)C)CSC21. The van der Waals surface area contributed by atoms with E-state index in [-0.39, 0.29) is 69.4 Å². The van der Waals surface area contributed by atoms with Crippen molar-refractivity contribution in [3.8, 4) is 0 Å². The standard InChI is InChI=1S/C47H79N13O18S/c1-21(2)34(57-38(67)26(11-8-14-48)53-40(69)29(18-61)56-37(66)23(5)50)41(70)54-27(12-9-15-49)39(68)58-35(22(3)4)42(71)55-28(16-31(52)63)30(62)17-33(65)78-19-24-20-79-46-47(77-6,45(76)60(46)36(24)44(74)75)59-32(64)13-7-10-25(51)43(72)73/h21-23,25-30,34-35,46,61-62H,7-20,48-51H2,1-6H3,(H2,52,63)(H,53,69)(H,54,70)(H,55,71)(H,56,66)(H,57,67)(H,58,68)(H,59,64)(H,72,73)(H,74,75)/t23?,25-,26?,27?,28?,29?,30?,34?,35?,46?,47-/m0/s1. The number of methoxy groups -OCH3 is 1. The summed E-state index contributed by atoms with van der Waals surface area (Å²) in [5.74, 6) is -13.3. The van der Waals surface area contributed by atoms with Gasteiger partial charge in [-0.05, 0) is 70.4 Å². The lowest BCUT2D eigenvalue weighted by Crippen LogP contribution is -2.80. The van der Waals surface area contributed by atoms with Gasteiger partial charge in [-0.25, -0.2) is 4.79 Å². The molecule has 0 bridgehead atoms. The van der Waals surface area contributed by atoms with E-state index in [1.807, 2.05) is 0 Å². The molecule has 11 atom stereocenters. The number of nitrogens with two attached hydrogens (primary N) is 5. The molecule has 9 amide bonds. The second kappa shape index (κ2) is 32.5. The number of carboxylic acids is 2. The lowest BCUT2D eigenvalue weighted by Gasteiger charge is -2.55. The van der Waals surface area contributed by atoms with E-state index < -0.39 is 180 Å². The molecule has 0 saturated carbocycles. The highest BCUT2D eigenvalue weighted by Gasteiger charge is 2.66. The highest BCUT2D eigenvalue weighted by molar-refractivity contribution is 8.00. The Labute approximate surface area is 460 Å². The van der Waals surface area contributed by atoms with E-state index in [9.17, 15) is 72.9 Å². The number of hydrogen-bond acceptors (Lipinski definition) is 21. The summed E-state index contributed by atoms with van der Waals surface area (Å²) in [6.07, 6.45) is -3.35. The predicted molar refractivity (Wildman–Crippen MR) is 279 cm³/mol. The molecule has 0 spiro atoms. The maximum Gasteiger partial charge on any atom is 0.352 e. The predicted octanol–water partition coefficient (Wildman–Crippen LogP) is -6.51. The van der Waals surface area contributed by atoms with Crippen molar-refractivity contribution in [3.05, 3.63) is 11.3 Å². The molecule has 2 rings (SSSR count). The van der Waals surface area contributed by atoms with Gasteiger partial charge in [0.15, 0.2) is 0 Å². The minimum Gasteiger partial charge on any atom is -0.480 e. The van der Waals surface area contributed by atoms with Gasteiger partial charge in [-0.2, -0.15) is 0 Å². The second-order valence-corrected chi connectivity index (χ2v) is 20.7. The van der Waals surface area contributed by atoms with Crippen LogP contribution in [-0.4, -0.2) is 201 Å². The normalized spacial score (nSPS) is 19.3. The maximum absolute atomic E-state index is 14.0. The number of fused-ring (bicyclic) bond motifs is 1. The number of ether oxygens (including phenoxy) is 2. The van der Waals surface area contributed by atoms with Crippen LogP contribution in [0, 0.1) is 11.8 Å². The Morgan fingerprint density at radius 2 is 1.23 bits per heavy atom. The number of primary amides is 1. The number of thioether (sulfide) groups is 1. The quantitative estimate of drug-likeness (QED) is 0.0158.